The summed E-state index contributed by atoms with van der Waals surface area (Å²) in [5.74, 6) is 1.63. The van der Waals surface area contributed by atoms with Gasteiger partial charge in [0.1, 0.15) is 6.54 Å². The number of carbonyl (C=O) groups is 2. The first-order chi connectivity index (χ1) is 8.67. The molecule has 0 aromatic heterocycles. The quantitative estimate of drug-likeness (QED) is 0.591. The van der Waals surface area contributed by atoms with E-state index in [0.29, 0.717) is 12.1 Å². The summed E-state index contributed by atoms with van der Waals surface area (Å²) in [4.78, 5) is 22.5. The van der Waals surface area contributed by atoms with E-state index in [1.807, 2.05) is 0 Å². The second-order valence-corrected chi connectivity index (χ2v) is 3.39. The number of hydrogen-bond donors (Lipinski definition) is 2. The van der Waals surface area contributed by atoms with Crippen LogP contribution in [0.15, 0.2) is 24.3 Å². The number of terminal acetylenes is 1. The van der Waals surface area contributed by atoms with Crippen LogP contribution in [0.25, 0.3) is 0 Å². The second kappa shape index (κ2) is 6.97. The van der Waals surface area contributed by atoms with Gasteiger partial charge in [-0.2, -0.15) is 0 Å². The fourth-order valence-corrected chi connectivity index (χ4v) is 1.22. The van der Waals surface area contributed by atoms with Crippen molar-refractivity contribution in [2.45, 2.75) is 0 Å². The van der Waals surface area contributed by atoms with Gasteiger partial charge in [0.15, 0.2) is 0 Å². The van der Waals surface area contributed by atoms with Gasteiger partial charge in [-0.15, -0.1) is 6.42 Å². The molecule has 0 heterocycles. The molecule has 0 atom stereocenters. The van der Waals surface area contributed by atoms with Crippen LogP contribution in [0.2, 0.25) is 0 Å². The molecule has 0 bridgehead atoms. The van der Waals surface area contributed by atoms with Crippen LogP contribution in [-0.4, -0.2) is 32.1 Å². The molecule has 18 heavy (non-hydrogen) atoms. The minimum Gasteiger partial charge on any atom is -0.468 e. The molecule has 0 unspecified atom stereocenters. The molecule has 1 aromatic carbocycles. The molecule has 0 radical (unpaired) electrons. The summed E-state index contributed by atoms with van der Waals surface area (Å²) in [6.07, 6.45) is 5.12. The Labute approximate surface area is 106 Å². The van der Waals surface area contributed by atoms with Crippen molar-refractivity contribution < 1.29 is 14.3 Å². The zero-order valence-electron chi connectivity index (χ0n) is 10.0. The van der Waals surface area contributed by atoms with E-state index in [4.69, 9.17) is 6.42 Å². The summed E-state index contributed by atoms with van der Waals surface area (Å²) >= 11 is 0. The van der Waals surface area contributed by atoms with E-state index in [1.54, 1.807) is 24.3 Å². The summed E-state index contributed by atoms with van der Waals surface area (Å²) in [7, 11) is 1.26. The van der Waals surface area contributed by atoms with Gasteiger partial charge in [-0.25, -0.2) is 0 Å². The summed E-state index contributed by atoms with van der Waals surface area (Å²) < 4.78 is 4.42. The van der Waals surface area contributed by atoms with Crippen LogP contribution in [0.4, 0.5) is 5.69 Å². The SMILES string of the molecule is C#CCNc1ccc(C(=O)NCC(=O)OC)cc1. The number of anilines is 1. The van der Waals surface area contributed by atoms with E-state index in [1.165, 1.54) is 7.11 Å². The van der Waals surface area contributed by atoms with E-state index in [9.17, 15) is 9.59 Å². The van der Waals surface area contributed by atoms with E-state index in [2.05, 4.69) is 21.3 Å². The molecule has 0 saturated carbocycles. The monoisotopic (exact) mass is 246 g/mol. The Balaban J connectivity index is 2.54. The summed E-state index contributed by atoms with van der Waals surface area (Å²) in [5, 5.41) is 5.42. The first-order valence-corrected chi connectivity index (χ1v) is 5.29. The lowest BCUT2D eigenvalue weighted by Gasteiger charge is -2.05. The topological polar surface area (TPSA) is 67.4 Å². The van der Waals surface area contributed by atoms with Gasteiger partial charge < -0.3 is 15.4 Å². The molecule has 1 rings (SSSR count). The fourth-order valence-electron chi connectivity index (χ4n) is 1.22. The minimum atomic E-state index is -0.490. The lowest BCUT2D eigenvalue weighted by molar-refractivity contribution is -0.139. The lowest BCUT2D eigenvalue weighted by Crippen LogP contribution is -2.30. The zero-order chi connectivity index (χ0) is 13.4. The normalized spacial score (nSPS) is 9.11. The minimum absolute atomic E-state index is 0.146. The Morgan fingerprint density at radius 1 is 1.33 bits per heavy atom. The number of rotatable bonds is 5. The van der Waals surface area contributed by atoms with Crippen molar-refractivity contribution in [1.29, 1.82) is 0 Å². The van der Waals surface area contributed by atoms with Crippen molar-refractivity contribution >= 4 is 17.6 Å². The lowest BCUT2D eigenvalue weighted by atomic mass is 10.2. The average molecular weight is 246 g/mol. The van der Waals surface area contributed by atoms with Crippen LogP contribution in [0.3, 0.4) is 0 Å². The van der Waals surface area contributed by atoms with E-state index >= 15 is 0 Å². The molecule has 1 aromatic rings. The molecule has 0 saturated heterocycles. The summed E-state index contributed by atoms with van der Waals surface area (Å²) in [6.45, 7) is 0.278. The molecule has 5 heteroatoms. The summed E-state index contributed by atoms with van der Waals surface area (Å²) in [6, 6.07) is 6.77. The van der Waals surface area contributed by atoms with Crippen molar-refractivity contribution in [3.05, 3.63) is 29.8 Å². The van der Waals surface area contributed by atoms with Crippen molar-refractivity contribution in [1.82, 2.24) is 5.32 Å². The molecule has 1 amide bonds. The van der Waals surface area contributed by atoms with E-state index in [-0.39, 0.29) is 12.5 Å². The third kappa shape index (κ3) is 4.18. The second-order valence-electron chi connectivity index (χ2n) is 3.39. The first-order valence-electron chi connectivity index (χ1n) is 5.29. The molecular formula is C13H14N2O3. The number of esters is 1. The maximum Gasteiger partial charge on any atom is 0.325 e. The Bertz CT molecular complexity index is 460. The Morgan fingerprint density at radius 3 is 2.56 bits per heavy atom. The van der Waals surface area contributed by atoms with Gasteiger partial charge >= 0.3 is 5.97 Å². The van der Waals surface area contributed by atoms with Gasteiger partial charge in [0.05, 0.1) is 13.7 Å². The van der Waals surface area contributed by atoms with Crippen molar-refractivity contribution in [2.24, 2.45) is 0 Å². The van der Waals surface area contributed by atoms with Crippen LogP contribution in [-0.2, 0) is 9.53 Å². The van der Waals surface area contributed by atoms with Gasteiger partial charge in [0.2, 0.25) is 0 Å². The molecule has 0 spiro atoms. The van der Waals surface area contributed by atoms with Gasteiger partial charge in [-0.05, 0) is 24.3 Å². The number of carbonyl (C=O) groups excluding carboxylic acids is 2. The third-order valence-corrected chi connectivity index (χ3v) is 2.16. The highest BCUT2D eigenvalue weighted by molar-refractivity contribution is 5.96. The van der Waals surface area contributed by atoms with E-state index < -0.39 is 5.97 Å². The molecule has 0 fully saturated rings. The maximum absolute atomic E-state index is 11.6. The number of nitrogens with one attached hydrogen (secondary N) is 2. The third-order valence-electron chi connectivity index (χ3n) is 2.16. The number of ether oxygens (including phenoxy) is 1. The molecule has 0 aliphatic rings. The molecule has 5 nitrogen and oxygen atoms in total. The van der Waals surface area contributed by atoms with Crippen LogP contribution in [0, 0.1) is 12.3 Å². The highest BCUT2D eigenvalue weighted by Gasteiger charge is 2.07. The van der Waals surface area contributed by atoms with Gasteiger partial charge in [-0.1, -0.05) is 5.92 Å². The molecule has 0 aliphatic carbocycles. The number of amides is 1. The smallest absolute Gasteiger partial charge is 0.325 e. The Kier molecular flexibility index (Phi) is 5.26. The van der Waals surface area contributed by atoms with Crippen molar-refractivity contribution in [3.8, 4) is 12.3 Å². The van der Waals surface area contributed by atoms with Gasteiger partial charge in [0.25, 0.3) is 5.91 Å². The predicted octanol–water partition coefficient (Wildman–Crippen LogP) is 0.634. The average Bonchev–Trinajstić information content (AvgIpc) is 2.42. The highest BCUT2D eigenvalue weighted by atomic mass is 16.5. The van der Waals surface area contributed by atoms with Crippen LogP contribution in [0.5, 0.6) is 0 Å². The number of hydrogen-bond acceptors (Lipinski definition) is 4. The van der Waals surface area contributed by atoms with Crippen molar-refractivity contribution in [2.75, 3.05) is 25.5 Å². The predicted molar refractivity (Wildman–Crippen MR) is 68.1 cm³/mol. The molecule has 0 aliphatic heterocycles. The Hall–Kier alpha value is -2.48. The van der Waals surface area contributed by atoms with Crippen LogP contribution < -0.4 is 10.6 Å². The first kappa shape index (κ1) is 13.6. The fraction of sp³-hybridized carbons (Fsp3) is 0.231. The standard InChI is InChI=1S/C13H14N2O3/c1-3-8-14-11-6-4-10(5-7-11)13(17)15-9-12(16)18-2/h1,4-7,14H,8-9H2,2H3,(H,15,17). The highest BCUT2D eigenvalue weighted by Crippen LogP contribution is 2.08. The molecule has 94 valence electrons. The zero-order valence-corrected chi connectivity index (χ0v) is 10.0. The Morgan fingerprint density at radius 2 is 2.00 bits per heavy atom. The number of benzene rings is 1. The molecular weight excluding hydrogens is 232 g/mol. The van der Waals surface area contributed by atoms with Gasteiger partial charge in [-0.3, -0.25) is 9.59 Å². The van der Waals surface area contributed by atoms with Crippen LogP contribution >= 0.6 is 0 Å². The molecule has 2 N–H and O–H groups in total. The van der Waals surface area contributed by atoms with E-state index in [0.717, 1.165) is 5.69 Å². The largest absolute Gasteiger partial charge is 0.468 e. The van der Waals surface area contributed by atoms with Gasteiger partial charge in [0, 0.05) is 11.3 Å². The van der Waals surface area contributed by atoms with Crippen molar-refractivity contribution in [3.63, 3.8) is 0 Å². The summed E-state index contributed by atoms with van der Waals surface area (Å²) in [5.41, 5.74) is 1.29. The van der Waals surface area contributed by atoms with Crippen LogP contribution in [0.1, 0.15) is 10.4 Å². The maximum atomic E-state index is 11.6. The number of methoxy groups -OCH3 is 1.